The summed E-state index contributed by atoms with van der Waals surface area (Å²) in [7, 11) is 0. The Morgan fingerprint density at radius 1 is 0.648 bits per heavy atom. The Morgan fingerprint density at radius 3 is 1.50 bits per heavy atom. The molecule has 0 aromatic carbocycles. The molecule has 288 valence electrons. The van der Waals surface area contributed by atoms with E-state index in [9.17, 15) is 14.4 Å². The largest absolute Gasteiger partial charge is 0.382 e. The van der Waals surface area contributed by atoms with Crippen LogP contribution in [0.5, 0.6) is 0 Å². The zero-order valence-corrected chi connectivity index (χ0v) is 31.1. The van der Waals surface area contributed by atoms with Crippen LogP contribution in [0.1, 0.15) is 72.3 Å². The number of amides is 3. The molecule has 19 nitrogen and oxygen atoms in total. The monoisotopic (exact) mass is 782 g/mol. The first kappa shape index (κ1) is 37.2. The number of nitrogen functional groups attached to an aromatic ring is 4. The molecule has 1 aliphatic carbocycles. The molecule has 0 radical (unpaired) electrons. The maximum absolute atomic E-state index is 13.6. The molecule has 12 N–H and O–H groups in total. The van der Waals surface area contributed by atoms with E-state index in [1.807, 2.05) is 4.90 Å². The molecule has 2 aromatic rings. The van der Waals surface area contributed by atoms with Gasteiger partial charge in [0.25, 0.3) is 11.8 Å². The summed E-state index contributed by atoms with van der Waals surface area (Å²) in [4.78, 5) is 68.2. The summed E-state index contributed by atoms with van der Waals surface area (Å²) in [5.41, 5.74) is 23.1. The normalized spacial score (nSPS) is 22.9. The van der Waals surface area contributed by atoms with Gasteiger partial charge < -0.3 is 43.4 Å². The lowest BCUT2D eigenvalue weighted by Crippen LogP contribution is -2.57. The number of carbonyl (C=O) groups excluding carboxylic acids is 3. The highest BCUT2D eigenvalue weighted by Gasteiger charge is 2.43. The van der Waals surface area contributed by atoms with Gasteiger partial charge in [-0.1, -0.05) is 29.8 Å². The van der Waals surface area contributed by atoms with Crippen molar-refractivity contribution in [2.45, 2.75) is 62.4 Å². The number of anilines is 4. The van der Waals surface area contributed by atoms with Gasteiger partial charge >= 0.3 is 0 Å². The first-order chi connectivity index (χ1) is 25.7. The van der Waals surface area contributed by atoms with Crippen molar-refractivity contribution in [1.29, 1.82) is 0 Å². The highest BCUT2D eigenvalue weighted by atomic mass is 35.5. The van der Waals surface area contributed by atoms with Crippen LogP contribution in [0.25, 0.3) is 0 Å². The summed E-state index contributed by atoms with van der Waals surface area (Å²) in [6.45, 7) is 8.34. The maximum atomic E-state index is 13.6. The van der Waals surface area contributed by atoms with Gasteiger partial charge in [-0.25, -0.2) is 19.9 Å². The van der Waals surface area contributed by atoms with E-state index in [2.05, 4.69) is 62.7 Å². The summed E-state index contributed by atoms with van der Waals surface area (Å²) in [5.74, 6) is -0.309. The molecule has 54 heavy (non-hydrogen) atoms. The van der Waals surface area contributed by atoms with Gasteiger partial charge in [0.05, 0.1) is 24.2 Å². The van der Waals surface area contributed by atoms with Crippen LogP contribution in [-0.2, 0) is 4.79 Å². The lowest BCUT2D eigenvalue weighted by atomic mass is 9.78. The molecule has 21 heteroatoms. The molecule has 5 aliphatic rings. The van der Waals surface area contributed by atoms with E-state index in [1.165, 1.54) is 0 Å². The fourth-order valence-corrected chi connectivity index (χ4v) is 8.20. The van der Waals surface area contributed by atoms with Gasteiger partial charge in [-0.2, -0.15) is 0 Å². The number of rotatable bonds is 5. The highest BCUT2D eigenvalue weighted by molar-refractivity contribution is 6.32. The van der Waals surface area contributed by atoms with E-state index < -0.39 is 11.8 Å². The van der Waals surface area contributed by atoms with Crippen LogP contribution in [0.2, 0.25) is 10.3 Å². The van der Waals surface area contributed by atoms with Gasteiger partial charge in [0, 0.05) is 37.8 Å². The molecule has 2 aromatic heterocycles. The number of nitrogens with zero attached hydrogens (tertiary/aromatic N) is 8. The van der Waals surface area contributed by atoms with Gasteiger partial charge in [0.2, 0.25) is 5.91 Å². The van der Waals surface area contributed by atoms with E-state index in [0.717, 1.165) is 57.3 Å². The van der Waals surface area contributed by atoms with Crippen molar-refractivity contribution in [3.63, 3.8) is 0 Å². The Labute approximate surface area is 321 Å². The second-order valence-corrected chi connectivity index (χ2v) is 15.4. The molecule has 0 bridgehead atoms. The molecule has 3 amide bonds. The quantitative estimate of drug-likeness (QED) is 0.205. The van der Waals surface area contributed by atoms with Crippen LogP contribution in [0.4, 0.5) is 23.3 Å². The van der Waals surface area contributed by atoms with Crippen LogP contribution in [0.15, 0.2) is 22.3 Å². The highest BCUT2D eigenvalue weighted by Crippen LogP contribution is 2.38. The second kappa shape index (κ2) is 14.6. The van der Waals surface area contributed by atoms with Gasteiger partial charge in [-0.15, -0.1) is 0 Å². The number of halogens is 2. The average molecular weight is 784 g/mol. The van der Waals surface area contributed by atoms with Crippen molar-refractivity contribution in [3.05, 3.63) is 34.0 Å². The van der Waals surface area contributed by atoms with E-state index >= 15 is 0 Å². The van der Waals surface area contributed by atoms with Crippen molar-refractivity contribution < 1.29 is 14.4 Å². The van der Waals surface area contributed by atoms with Gasteiger partial charge in [-0.05, 0) is 57.3 Å². The van der Waals surface area contributed by atoms with Crippen LogP contribution < -0.4 is 44.2 Å². The zero-order chi connectivity index (χ0) is 38.4. The predicted molar refractivity (Wildman–Crippen MR) is 204 cm³/mol. The van der Waals surface area contributed by atoms with Crippen LogP contribution in [0, 0.1) is 11.8 Å². The molecule has 2 saturated heterocycles. The molecule has 7 rings (SSSR count). The summed E-state index contributed by atoms with van der Waals surface area (Å²) in [5, 5.41) is 12.0. The molecular formula is C33H44Cl2N16O3. The number of likely N-dealkylation sites (tertiary alicyclic amines) is 2. The fourth-order valence-electron chi connectivity index (χ4n) is 7.95. The molecule has 4 aliphatic heterocycles. The predicted octanol–water partition coefficient (Wildman–Crippen LogP) is 0.496. The van der Waals surface area contributed by atoms with Gasteiger partial charge in [0.15, 0.2) is 56.9 Å². The first-order valence-electron chi connectivity index (χ1n) is 17.9. The Kier molecular flexibility index (Phi) is 10.0. The lowest BCUT2D eigenvalue weighted by Gasteiger charge is -2.44. The Morgan fingerprint density at radius 2 is 1.06 bits per heavy atom. The second-order valence-electron chi connectivity index (χ2n) is 14.7. The molecule has 6 heterocycles. The van der Waals surface area contributed by atoms with E-state index in [0.29, 0.717) is 56.9 Å². The Balaban J connectivity index is 0.821. The summed E-state index contributed by atoms with van der Waals surface area (Å²) in [6.07, 6.45) is 6.54. The standard InChI is InChI=1S/C33H44Cl2N16O3/c1-16(50-10-6-32(7-11-50)14-40-30(48-32)46-27(52)19-23(36)44-25(38)21(34)42-19)17-2-4-18(5-3-17)29(54)51-12-8-33(9-13-51)15-41-31(49-33)47-28(53)20-24(37)45-26(39)22(35)43-20/h17-18H,1-15H2,(H4,36,38,44)(H4,37,39,45)(H2,40,46,48,52)(H2,41,47,49,53). The number of piperidine rings is 2. The van der Waals surface area contributed by atoms with Crippen molar-refractivity contribution in [1.82, 2.24) is 51.0 Å². The molecule has 0 unspecified atom stereocenters. The number of nitrogens with one attached hydrogen (secondary N) is 4. The van der Waals surface area contributed by atoms with Gasteiger partial charge in [0.1, 0.15) is 0 Å². The third-order valence-electron chi connectivity index (χ3n) is 11.3. The number of nitrogens with two attached hydrogens (primary N) is 4. The lowest BCUT2D eigenvalue weighted by molar-refractivity contribution is -0.138. The average Bonchev–Trinajstić information content (AvgIpc) is 3.73. The summed E-state index contributed by atoms with van der Waals surface area (Å²) >= 11 is 11.9. The molecule has 0 atom stereocenters. The van der Waals surface area contributed by atoms with Crippen LogP contribution >= 0.6 is 23.2 Å². The van der Waals surface area contributed by atoms with Crippen LogP contribution in [0.3, 0.4) is 0 Å². The Bertz CT molecular complexity index is 1790. The number of aliphatic imine (C=N–C) groups is 2. The minimum Gasteiger partial charge on any atom is -0.382 e. The van der Waals surface area contributed by atoms with E-state index in [4.69, 9.17) is 46.1 Å². The molecular weight excluding hydrogens is 739 g/mol. The number of carbonyl (C=O) groups is 3. The van der Waals surface area contributed by atoms with Crippen LogP contribution in [-0.4, -0.2) is 110 Å². The van der Waals surface area contributed by atoms with E-state index in [-0.39, 0.29) is 67.9 Å². The molecule has 1 saturated carbocycles. The van der Waals surface area contributed by atoms with Gasteiger partial charge in [-0.3, -0.25) is 35.0 Å². The summed E-state index contributed by atoms with van der Waals surface area (Å²) in [6, 6.07) is 0. The Hall–Kier alpha value is -5.17. The zero-order valence-electron chi connectivity index (χ0n) is 29.6. The minimum atomic E-state index is -0.595. The third kappa shape index (κ3) is 7.46. The topological polar surface area (TPSA) is 286 Å². The smallest absolute Gasteiger partial charge is 0.280 e. The SMILES string of the molecule is C=C(C1CCC(C(=O)N2CCC3(CC2)CN=C(NC(=O)c2nc(Cl)c(N)nc2N)N3)CC1)N1CCC2(CC1)CN=C(NC(=O)c1nc(Cl)c(N)nc1N)N2. The fraction of sp³-hybridized carbons (Fsp3) is 0.545. The third-order valence-corrected chi connectivity index (χ3v) is 11.8. The minimum absolute atomic E-state index is 0.00673. The molecule has 3 fully saturated rings. The molecule has 2 spiro atoms. The maximum Gasteiger partial charge on any atom is 0.280 e. The van der Waals surface area contributed by atoms with Crippen molar-refractivity contribution in [2.75, 3.05) is 62.2 Å². The first-order valence-corrected chi connectivity index (χ1v) is 18.7. The van der Waals surface area contributed by atoms with Crippen molar-refractivity contribution in [3.8, 4) is 0 Å². The van der Waals surface area contributed by atoms with Crippen molar-refractivity contribution >= 4 is 76.1 Å². The van der Waals surface area contributed by atoms with E-state index in [1.54, 1.807) is 0 Å². The van der Waals surface area contributed by atoms with Crippen molar-refractivity contribution in [2.24, 2.45) is 21.8 Å². The number of allylic oxidation sites excluding steroid dienone is 1. The number of guanidine groups is 2. The number of hydrogen-bond donors (Lipinski definition) is 8. The number of aromatic nitrogens is 4. The summed E-state index contributed by atoms with van der Waals surface area (Å²) < 4.78 is 0. The number of hydrogen-bond acceptors (Lipinski definition) is 16.